The van der Waals surface area contributed by atoms with Crippen LogP contribution >= 0.6 is 0 Å². The Bertz CT molecular complexity index is 533. The second-order valence-corrected chi connectivity index (χ2v) is 3.98. The fourth-order valence-electron chi connectivity index (χ4n) is 1.74. The van der Waals surface area contributed by atoms with Crippen molar-refractivity contribution >= 4 is 0 Å². The van der Waals surface area contributed by atoms with Gasteiger partial charge in [0.2, 0.25) is 0 Å². The summed E-state index contributed by atoms with van der Waals surface area (Å²) in [5, 5.41) is 4.06. The molecule has 0 unspecified atom stereocenters. The van der Waals surface area contributed by atoms with E-state index in [0.29, 0.717) is 12.3 Å². The predicted octanol–water partition coefficient (Wildman–Crippen LogP) is 1.68. The molecule has 0 saturated heterocycles. The van der Waals surface area contributed by atoms with Crippen LogP contribution in [0.1, 0.15) is 17.0 Å². The number of rotatable bonds is 3. The number of aromatic nitrogens is 3. The first kappa shape index (κ1) is 11.6. The van der Waals surface area contributed by atoms with Crippen molar-refractivity contribution in [2.24, 2.45) is 12.8 Å². The summed E-state index contributed by atoms with van der Waals surface area (Å²) in [6.07, 6.45) is 3.48. The first-order valence-corrected chi connectivity index (χ1v) is 5.44. The van der Waals surface area contributed by atoms with Crippen LogP contribution < -0.4 is 10.5 Å². The Morgan fingerprint density at radius 2 is 2.18 bits per heavy atom. The minimum absolute atomic E-state index is 0.411. The van der Waals surface area contributed by atoms with Crippen LogP contribution in [0.15, 0.2) is 18.5 Å². The van der Waals surface area contributed by atoms with Crippen LogP contribution in [0.5, 0.6) is 11.5 Å². The number of hydrogen-bond donors (Lipinski definition) is 1. The highest BCUT2D eigenvalue weighted by molar-refractivity contribution is 5.40. The fourth-order valence-corrected chi connectivity index (χ4v) is 1.74. The van der Waals surface area contributed by atoms with Crippen molar-refractivity contribution in [1.29, 1.82) is 0 Å². The summed E-state index contributed by atoms with van der Waals surface area (Å²) in [4.78, 5) is 4.37. The Morgan fingerprint density at radius 3 is 2.76 bits per heavy atom. The molecule has 2 aromatic heterocycles. The van der Waals surface area contributed by atoms with Gasteiger partial charge in [0.25, 0.3) is 0 Å². The largest absolute Gasteiger partial charge is 0.454 e. The van der Waals surface area contributed by atoms with Crippen molar-refractivity contribution in [1.82, 2.24) is 14.8 Å². The Balaban J connectivity index is 2.37. The van der Waals surface area contributed by atoms with Crippen LogP contribution in [0.4, 0.5) is 0 Å². The molecule has 17 heavy (non-hydrogen) atoms. The lowest BCUT2D eigenvalue weighted by Gasteiger charge is -2.11. The summed E-state index contributed by atoms with van der Waals surface area (Å²) in [5.41, 5.74) is 8.47. The van der Waals surface area contributed by atoms with E-state index < -0.39 is 0 Å². The molecule has 0 radical (unpaired) electrons. The maximum absolute atomic E-state index is 5.78. The molecule has 0 aromatic carbocycles. The first-order valence-electron chi connectivity index (χ1n) is 5.44. The molecule has 0 saturated carbocycles. The highest BCUT2D eigenvalue weighted by atomic mass is 16.5. The van der Waals surface area contributed by atoms with E-state index in [4.69, 9.17) is 10.5 Å². The average molecular weight is 232 g/mol. The molecule has 90 valence electrons. The molecule has 2 heterocycles. The zero-order valence-corrected chi connectivity index (χ0v) is 10.3. The third-order valence-corrected chi connectivity index (χ3v) is 2.53. The third kappa shape index (κ3) is 2.45. The standard InChI is InChI=1S/C12H16N4O/c1-8-4-12(11(5-13)9(2)15-8)17-10-6-14-16(3)7-10/h4,6-7H,5,13H2,1-3H3. The fraction of sp³-hybridized carbons (Fsp3) is 0.333. The lowest BCUT2D eigenvalue weighted by molar-refractivity contribution is 0.473. The highest BCUT2D eigenvalue weighted by Gasteiger charge is 2.10. The number of ether oxygens (including phenoxy) is 1. The van der Waals surface area contributed by atoms with E-state index in [1.54, 1.807) is 10.9 Å². The lowest BCUT2D eigenvalue weighted by Crippen LogP contribution is -2.04. The van der Waals surface area contributed by atoms with E-state index in [0.717, 1.165) is 22.7 Å². The normalized spacial score (nSPS) is 10.6. The lowest BCUT2D eigenvalue weighted by atomic mass is 10.1. The van der Waals surface area contributed by atoms with Crippen molar-refractivity contribution in [2.45, 2.75) is 20.4 Å². The van der Waals surface area contributed by atoms with Gasteiger partial charge in [0.05, 0.1) is 12.4 Å². The van der Waals surface area contributed by atoms with Gasteiger partial charge in [-0.15, -0.1) is 0 Å². The molecule has 5 heteroatoms. The van der Waals surface area contributed by atoms with Gasteiger partial charge in [-0.3, -0.25) is 9.67 Å². The van der Waals surface area contributed by atoms with Gasteiger partial charge < -0.3 is 10.5 Å². The van der Waals surface area contributed by atoms with Gasteiger partial charge >= 0.3 is 0 Å². The average Bonchev–Trinajstić information content (AvgIpc) is 2.63. The Morgan fingerprint density at radius 1 is 1.41 bits per heavy atom. The van der Waals surface area contributed by atoms with Crippen LogP contribution in [0.2, 0.25) is 0 Å². The minimum atomic E-state index is 0.411. The number of nitrogens with zero attached hydrogens (tertiary/aromatic N) is 3. The van der Waals surface area contributed by atoms with Crippen molar-refractivity contribution in [3.63, 3.8) is 0 Å². The SMILES string of the molecule is Cc1cc(Oc2cnn(C)c2)c(CN)c(C)n1. The number of pyridine rings is 1. The molecule has 2 N–H and O–H groups in total. The zero-order valence-electron chi connectivity index (χ0n) is 10.3. The van der Waals surface area contributed by atoms with Crippen molar-refractivity contribution in [3.05, 3.63) is 35.4 Å². The maximum atomic E-state index is 5.78. The summed E-state index contributed by atoms with van der Waals surface area (Å²) in [7, 11) is 1.85. The molecule has 0 amide bonds. The van der Waals surface area contributed by atoms with E-state index in [1.807, 2.05) is 33.2 Å². The Hall–Kier alpha value is -1.88. The second-order valence-electron chi connectivity index (χ2n) is 3.98. The molecule has 0 spiro atoms. The van der Waals surface area contributed by atoms with Crippen LogP contribution in [0, 0.1) is 13.8 Å². The van der Waals surface area contributed by atoms with E-state index in [2.05, 4.69) is 10.1 Å². The van der Waals surface area contributed by atoms with Crippen LogP contribution in [-0.4, -0.2) is 14.8 Å². The molecule has 0 aliphatic heterocycles. The second kappa shape index (κ2) is 4.55. The molecule has 2 rings (SSSR count). The number of hydrogen-bond acceptors (Lipinski definition) is 4. The van der Waals surface area contributed by atoms with Gasteiger partial charge in [0, 0.05) is 36.6 Å². The predicted molar refractivity (Wildman–Crippen MR) is 64.9 cm³/mol. The van der Waals surface area contributed by atoms with Crippen molar-refractivity contribution < 1.29 is 4.74 Å². The van der Waals surface area contributed by atoms with Crippen LogP contribution in [0.25, 0.3) is 0 Å². The van der Waals surface area contributed by atoms with Crippen molar-refractivity contribution in [3.8, 4) is 11.5 Å². The van der Waals surface area contributed by atoms with Gasteiger partial charge in [-0.25, -0.2) is 0 Å². The van der Waals surface area contributed by atoms with Crippen molar-refractivity contribution in [2.75, 3.05) is 0 Å². The zero-order chi connectivity index (χ0) is 12.4. The molecule has 0 fully saturated rings. The quantitative estimate of drug-likeness (QED) is 0.874. The molecule has 0 aliphatic carbocycles. The maximum Gasteiger partial charge on any atom is 0.165 e. The Labute approximate surface area is 100 Å². The topological polar surface area (TPSA) is 66.0 Å². The van der Waals surface area contributed by atoms with Crippen LogP contribution in [-0.2, 0) is 13.6 Å². The molecule has 0 bridgehead atoms. The third-order valence-electron chi connectivity index (χ3n) is 2.53. The molecule has 5 nitrogen and oxygen atoms in total. The van der Waals surface area contributed by atoms with Gasteiger partial charge in [0.15, 0.2) is 5.75 Å². The summed E-state index contributed by atoms with van der Waals surface area (Å²) >= 11 is 0. The van der Waals surface area contributed by atoms with Gasteiger partial charge in [-0.1, -0.05) is 0 Å². The Kier molecular flexibility index (Phi) is 3.10. The van der Waals surface area contributed by atoms with E-state index >= 15 is 0 Å². The molecular formula is C12H16N4O. The molecule has 0 atom stereocenters. The smallest absolute Gasteiger partial charge is 0.165 e. The minimum Gasteiger partial charge on any atom is -0.454 e. The first-order chi connectivity index (χ1) is 8.10. The number of aryl methyl sites for hydroxylation is 3. The van der Waals surface area contributed by atoms with Crippen LogP contribution in [0.3, 0.4) is 0 Å². The van der Waals surface area contributed by atoms with Gasteiger partial charge in [0.1, 0.15) is 5.75 Å². The molecule has 0 aliphatic rings. The highest BCUT2D eigenvalue weighted by Crippen LogP contribution is 2.27. The van der Waals surface area contributed by atoms with Gasteiger partial charge in [-0.2, -0.15) is 5.10 Å². The molecule has 2 aromatic rings. The van der Waals surface area contributed by atoms with Gasteiger partial charge in [-0.05, 0) is 13.8 Å². The molecular weight excluding hydrogens is 216 g/mol. The summed E-state index contributed by atoms with van der Waals surface area (Å²) < 4.78 is 7.47. The summed E-state index contributed by atoms with van der Waals surface area (Å²) in [6, 6.07) is 1.89. The van der Waals surface area contributed by atoms with E-state index in [-0.39, 0.29) is 0 Å². The number of nitrogens with two attached hydrogens (primary N) is 1. The summed E-state index contributed by atoms with van der Waals surface area (Å²) in [6.45, 7) is 4.28. The van der Waals surface area contributed by atoms with E-state index in [9.17, 15) is 0 Å². The summed E-state index contributed by atoms with van der Waals surface area (Å²) in [5.74, 6) is 1.46. The monoisotopic (exact) mass is 232 g/mol. The van der Waals surface area contributed by atoms with E-state index in [1.165, 1.54) is 0 Å².